The van der Waals surface area contributed by atoms with E-state index in [1.54, 1.807) is 0 Å². The molecule has 3 nitrogen and oxygen atoms in total. The third-order valence-corrected chi connectivity index (χ3v) is 3.38. The summed E-state index contributed by atoms with van der Waals surface area (Å²) in [4.78, 5) is 10.8. The van der Waals surface area contributed by atoms with E-state index < -0.39 is 0 Å². The Labute approximate surface area is 109 Å². The molecule has 0 bridgehead atoms. The molecule has 1 saturated carbocycles. The van der Waals surface area contributed by atoms with Crippen molar-refractivity contribution in [2.75, 3.05) is 6.61 Å². The maximum atomic E-state index is 5.48. The highest BCUT2D eigenvalue weighted by molar-refractivity contribution is 5.30. The minimum atomic E-state index is 0.243. The van der Waals surface area contributed by atoms with Crippen molar-refractivity contribution in [2.24, 2.45) is 5.92 Å². The lowest BCUT2D eigenvalue weighted by atomic mass is 9.89. The van der Waals surface area contributed by atoms with Gasteiger partial charge in [-0.25, -0.2) is 0 Å². The van der Waals surface area contributed by atoms with Gasteiger partial charge in [-0.3, -0.25) is 0 Å². The van der Waals surface area contributed by atoms with E-state index >= 15 is 0 Å². The normalized spacial score (nSPS) is 23.7. The number of benzene rings is 1. The first-order valence-corrected chi connectivity index (χ1v) is 6.84. The minimum absolute atomic E-state index is 0.243. The molecule has 0 unspecified atom stereocenters. The zero-order valence-corrected chi connectivity index (χ0v) is 11.2. The quantitative estimate of drug-likeness (QED) is 0.584. The molecule has 1 fully saturated rings. The highest BCUT2D eigenvalue weighted by atomic mass is 17.2. The molecule has 1 aliphatic rings. The Morgan fingerprint density at radius 1 is 1.00 bits per heavy atom. The summed E-state index contributed by atoms with van der Waals surface area (Å²) in [6, 6.07) is 7.53. The van der Waals surface area contributed by atoms with Gasteiger partial charge in [-0.2, -0.15) is 4.89 Å². The predicted octanol–water partition coefficient (Wildman–Crippen LogP) is 3.97. The number of rotatable bonds is 5. The second kappa shape index (κ2) is 6.64. The van der Waals surface area contributed by atoms with E-state index in [-0.39, 0.29) is 6.10 Å². The molecular weight excluding hydrogens is 228 g/mol. The van der Waals surface area contributed by atoms with Gasteiger partial charge in [0.2, 0.25) is 0 Å². The highest BCUT2D eigenvalue weighted by Gasteiger charge is 2.19. The molecular formula is C15H22O3. The molecule has 18 heavy (non-hydrogen) atoms. The molecule has 0 aromatic heterocycles. The fraction of sp³-hybridized carbons (Fsp3) is 0.600. The Kier molecular flexibility index (Phi) is 4.88. The standard InChI is InChI=1S/C15H22O3/c1-3-16-13-8-10-15(11-9-13)18-17-14-6-4-12(2)5-7-14/h8-12,14H,3-7H2,1-2H3. The van der Waals surface area contributed by atoms with Gasteiger partial charge in [-0.05, 0) is 62.8 Å². The molecule has 0 spiro atoms. The van der Waals surface area contributed by atoms with Crippen LogP contribution in [0, 0.1) is 5.92 Å². The molecule has 0 atom stereocenters. The lowest BCUT2D eigenvalue weighted by molar-refractivity contribution is -0.252. The Balaban J connectivity index is 1.76. The molecule has 0 N–H and O–H groups in total. The van der Waals surface area contributed by atoms with E-state index in [9.17, 15) is 0 Å². The van der Waals surface area contributed by atoms with Gasteiger partial charge in [0.25, 0.3) is 0 Å². The summed E-state index contributed by atoms with van der Waals surface area (Å²) in [5.41, 5.74) is 0. The first-order chi connectivity index (χ1) is 8.78. The molecule has 1 aromatic rings. The van der Waals surface area contributed by atoms with Crippen LogP contribution in [0.2, 0.25) is 0 Å². The molecule has 0 heterocycles. The fourth-order valence-electron chi connectivity index (χ4n) is 2.21. The first kappa shape index (κ1) is 13.2. The molecule has 3 heteroatoms. The van der Waals surface area contributed by atoms with Crippen LogP contribution in [-0.4, -0.2) is 12.7 Å². The van der Waals surface area contributed by atoms with Crippen molar-refractivity contribution in [3.63, 3.8) is 0 Å². The Hall–Kier alpha value is -1.22. The maximum absolute atomic E-state index is 5.48. The van der Waals surface area contributed by atoms with Gasteiger partial charge in [0.05, 0.1) is 6.61 Å². The second-order valence-corrected chi connectivity index (χ2v) is 4.97. The van der Waals surface area contributed by atoms with Crippen LogP contribution < -0.4 is 9.62 Å². The third kappa shape index (κ3) is 3.91. The van der Waals surface area contributed by atoms with Crippen LogP contribution in [0.3, 0.4) is 0 Å². The van der Waals surface area contributed by atoms with Gasteiger partial charge in [-0.15, -0.1) is 0 Å². The number of hydrogen-bond acceptors (Lipinski definition) is 3. The molecule has 100 valence electrons. The monoisotopic (exact) mass is 250 g/mol. The smallest absolute Gasteiger partial charge is 0.165 e. The number of hydrogen-bond donors (Lipinski definition) is 0. The molecule has 0 saturated heterocycles. The molecule has 0 amide bonds. The van der Waals surface area contributed by atoms with Gasteiger partial charge in [-0.1, -0.05) is 6.92 Å². The lowest BCUT2D eigenvalue weighted by Gasteiger charge is -2.24. The zero-order chi connectivity index (χ0) is 12.8. The largest absolute Gasteiger partial charge is 0.494 e. The van der Waals surface area contributed by atoms with Crippen molar-refractivity contribution in [1.29, 1.82) is 0 Å². The van der Waals surface area contributed by atoms with Crippen LogP contribution in [-0.2, 0) is 4.89 Å². The van der Waals surface area contributed by atoms with E-state index in [0.717, 1.165) is 30.3 Å². The van der Waals surface area contributed by atoms with Crippen molar-refractivity contribution >= 4 is 0 Å². The second-order valence-electron chi connectivity index (χ2n) is 4.97. The Bertz CT molecular complexity index is 339. The molecule has 1 aliphatic carbocycles. The Morgan fingerprint density at radius 3 is 2.22 bits per heavy atom. The summed E-state index contributed by atoms with van der Waals surface area (Å²) in [5.74, 6) is 2.42. The van der Waals surface area contributed by atoms with Gasteiger partial charge in [0, 0.05) is 0 Å². The zero-order valence-electron chi connectivity index (χ0n) is 11.2. The van der Waals surface area contributed by atoms with E-state index in [2.05, 4.69) is 6.92 Å². The van der Waals surface area contributed by atoms with Crippen LogP contribution in [0.25, 0.3) is 0 Å². The van der Waals surface area contributed by atoms with Crippen LogP contribution in [0.5, 0.6) is 11.5 Å². The van der Waals surface area contributed by atoms with Crippen molar-refractivity contribution in [3.05, 3.63) is 24.3 Å². The van der Waals surface area contributed by atoms with Crippen molar-refractivity contribution in [3.8, 4) is 11.5 Å². The summed E-state index contributed by atoms with van der Waals surface area (Å²) >= 11 is 0. The van der Waals surface area contributed by atoms with Gasteiger partial charge in [0.1, 0.15) is 11.9 Å². The van der Waals surface area contributed by atoms with E-state index in [0.29, 0.717) is 6.61 Å². The highest BCUT2D eigenvalue weighted by Crippen LogP contribution is 2.26. The van der Waals surface area contributed by atoms with Crippen LogP contribution >= 0.6 is 0 Å². The average molecular weight is 250 g/mol. The molecule has 1 aromatic carbocycles. The summed E-state index contributed by atoms with van der Waals surface area (Å²) in [5, 5.41) is 0. The van der Waals surface area contributed by atoms with Crippen LogP contribution in [0.15, 0.2) is 24.3 Å². The molecule has 0 aliphatic heterocycles. The van der Waals surface area contributed by atoms with E-state index in [1.807, 2.05) is 31.2 Å². The summed E-state index contributed by atoms with van der Waals surface area (Å²) in [6.07, 6.45) is 4.90. The maximum Gasteiger partial charge on any atom is 0.165 e. The van der Waals surface area contributed by atoms with Crippen molar-refractivity contribution < 1.29 is 14.5 Å². The van der Waals surface area contributed by atoms with Gasteiger partial charge in [0.15, 0.2) is 5.75 Å². The SMILES string of the molecule is CCOc1ccc(OOC2CCC(C)CC2)cc1. The fourth-order valence-corrected chi connectivity index (χ4v) is 2.21. The minimum Gasteiger partial charge on any atom is -0.494 e. The molecule has 0 radical (unpaired) electrons. The van der Waals surface area contributed by atoms with Crippen LogP contribution in [0.1, 0.15) is 39.5 Å². The van der Waals surface area contributed by atoms with Gasteiger partial charge >= 0.3 is 0 Å². The molecule has 2 rings (SSSR count). The first-order valence-electron chi connectivity index (χ1n) is 6.84. The topological polar surface area (TPSA) is 27.7 Å². The predicted molar refractivity (Wildman–Crippen MR) is 70.7 cm³/mol. The van der Waals surface area contributed by atoms with Crippen LogP contribution in [0.4, 0.5) is 0 Å². The summed E-state index contributed by atoms with van der Waals surface area (Å²) in [6.45, 7) is 4.94. The number of ether oxygens (including phenoxy) is 1. The third-order valence-electron chi connectivity index (χ3n) is 3.38. The Morgan fingerprint density at radius 2 is 1.61 bits per heavy atom. The lowest BCUT2D eigenvalue weighted by Crippen LogP contribution is -2.21. The average Bonchev–Trinajstić information content (AvgIpc) is 2.40. The summed E-state index contributed by atoms with van der Waals surface area (Å²) < 4.78 is 5.37. The van der Waals surface area contributed by atoms with Crippen molar-refractivity contribution in [2.45, 2.75) is 45.6 Å². The van der Waals surface area contributed by atoms with E-state index in [4.69, 9.17) is 14.5 Å². The van der Waals surface area contributed by atoms with Crippen molar-refractivity contribution in [1.82, 2.24) is 0 Å². The summed E-state index contributed by atoms with van der Waals surface area (Å²) in [7, 11) is 0. The van der Waals surface area contributed by atoms with Gasteiger partial charge < -0.3 is 9.62 Å². The van der Waals surface area contributed by atoms with E-state index in [1.165, 1.54) is 12.8 Å².